The van der Waals surface area contributed by atoms with Gasteiger partial charge < -0.3 is 24.1 Å². The Hall–Kier alpha value is -0.423. The van der Waals surface area contributed by atoms with Crippen LogP contribution >= 0.6 is 0 Å². The molecule has 2 saturated carbocycles. The van der Waals surface area contributed by atoms with E-state index in [-0.39, 0.29) is 17.1 Å². The number of aliphatic hydroxyl groups is 2. The van der Waals surface area contributed by atoms with Crippen LogP contribution in [-0.2, 0) is 13.9 Å². The van der Waals surface area contributed by atoms with Gasteiger partial charge in [-0.2, -0.15) is 0 Å². The van der Waals surface area contributed by atoms with Gasteiger partial charge in [-0.15, -0.1) is 0 Å². The van der Waals surface area contributed by atoms with Crippen LogP contribution in [0.15, 0.2) is 0 Å². The number of hydrogen-bond donors (Lipinski definition) is 2. The second-order valence-corrected chi connectivity index (χ2v) is 17.4. The van der Waals surface area contributed by atoms with Crippen LogP contribution in [0.5, 0.6) is 0 Å². The van der Waals surface area contributed by atoms with Crippen LogP contribution in [0.3, 0.4) is 0 Å². The number of ether oxygens (including phenoxy) is 2. The first-order chi connectivity index (χ1) is 14.0. The van der Waals surface area contributed by atoms with Crippen LogP contribution in [0.1, 0.15) is 74.1 Å². The molecule has 0 aromatic rings. The zero-order valence-electron chi connectivity index (χ0n) is 21.1. The first-order valence-corrected chi connectivity index (χ1v) is 14.8. The zero-order chi connectivity index (χ0) is 23.5. The molecule has 3 fully saturated rings. The molecule has 0 aromatic carbocycles. The van der Waals surface area contributed by atoms with Crippen LogP contribution < -0.4 is 0 Å². The van der Waals surface area contributed by atoms with Gasteiger partial charge in [0.25, 0.3) is 0 Å². The minimum Gasteiger partial charge on any atom is -0.417 e. The van der Waals surface area contributed by atoms with Crippen molar-refractivity contribution in [2.24, 2.45) is 16.7 Å². The smallest absolute Gasteiger partial charge is 0.191 e. The SMILES string of the molecule is CC1(C)OC[C@@](O)(C#C[C@@]23CC[C@@H](C[C@H]2O)C3(C)C)[C@@H](CCO[Si](C)(C)C(C)(C)C)O1. The maximum Gasteiger partial charge on any atom is 0.191 e. The Morgan fingerprint density at radius 1 is 1.13 bits per heavy atom. The Bertz CT molecular complexity index is 743. The van der Waals surface area contributed by atoms with E-state index in [9.17, 15) is 10.2 Å². The molecule has 3 rings (SSSR count). The van der Waals surface area contributed by atoms with Crippen LogP contribution in [0.25, 0.3) is 0 Å². The van der Waals surface area contributed by atoms with E-state index in [1.54, 1.807) is 0 Å². The van der Waals surface area contributed by atoms with Crippen molar-refractivity contribution in [1.29, 1.82) is 0 Å². The predicted octanol–water partition coefficient (Wildman–Crippen LogP) is 4.47. The standard InChI is InChI=1S/C25H44O5Si/c1-21(2,3)31(8,9)29-15-11-20-25(27,17-28-23(6,7)30-20)14-13-24-12-10-18(16-19(24)26)22(24,4)5/h18-20,26-27H,10-12,15-17H2,1-9H3/t18-,19+,20+,24-,25-/m0/s1. The molecule has 3 aliphatic rings. The van der Waals surface area contributed by atoms with Gasteiger partial charge in [-0.05, 0) is 69.0 Å². The summed E-state index contributed by atoms with van der Waals surface area (Å²) in [7, 11) is -1.89. The third-order valence-corrected chi connectivity index (χ3v) is 13.4. The van der Waals surface area contributed by atoms with Crippen molar-refractivity contribution in [2.45, 2.75) is 116 Å². The molecule has 2 aliphatic carbocycles. The van der Waals surface area contributed by atoms with Crippen molar-refractivity contribution in [3.05, 3.63) is 0 Å². The van der Waals surface area contributed by atoms with Gasteiger partial charge >= 0.3 is 0 Å². The first kappa shape index (κ1) is 25.2. The summed E-state index contributed by atoms with van der Waals surface area (Å²) < 4.78 is 18.3. The Balaban J connectivity index is 1.80. The topological polar surface area (TPSA) is 68.2 Å². The monoisotopic (exact) mass is 452 g/mol. The molecule has 31 heavy (non-hydrogen) atoms. The van der Waals surface area contributed by atoms with Crippen molar-refractivity contribution >= 4 is 8.32 Å². The highest BCUT2D eigenvalue weighted by Crippen LogP contribution is 2.65. The lowest BCUT2D eigenvalue weighted by atomic mass is 9.68. The molecule has 0 spiro atoms. The Morgan fingerprint density at radius 2 is 1.77 bits per heavy atom. The van der Waals surface area contributed by atoms with E-state index < -0.39 is 37.3 Å². The third-order valence-electron chi connectivity index (χ3n) is 8.88. The highest BCUT2D eigenvalue weighted by atomic mass is 28.4. The van der Waals surface area contributed by atoms with Gasteiger partial charge in [-0.25, -0.2) is 0 Å². The minimum absolute atomic E-state index is 0.0631. The van der Waals surface area contributed by atoms with Gasteiger partial charge in [0.05, 0.1) is 18.1 Å². The molecular formula is C25H44O5Si. The van der Waals surface area contributed by atoms with E-state index in [2.05, 4.69) is 59.6 Å². The quantitative estimate of drug-likeness (QED) is 0.486. The summed E-state index contributed by atoms with van der Waals surface area (Å²) in [5.41, 5.74) is -1.95. The molecule has 1 saturated heterocycles. The van der Waals surface area contributed by atoms with E-state index in [0.717, 1.165) is 19.3 Å². The summed E-state index contributed by atoms with van der Waals surface area (Å²) in [6, 6.07) is 0. The average molecular weight is 453 g/mol. The molecule has 1 aliphatic heterocycles. The lowest BCUT2D eigenvalue weighted by Gasteiger charge is -2.45. The lowest BCUT2D eigenvalue weighted by molar-refractivity contribution is -0.322. The molecule has 2 N–H and O–H groups in total. The van der Waals surface area contributed by atoms with Crippen LogP contribution in [-0.4, -0.2) is 55.3 Å². The Labute approximate surface area is 190 Å². The number of aliphatic hydroxyl groups excluding tert-OH is 1. The zero-order valence-corrected chi connectivity index (χ0v) is 22.1. The molecule has 6 heteroatoms. The maximum atomic E-state index is 11.5. The molecule has 0 aromatic heterocycles. The fourth-order valence-electron chi connectivity index (χ4n) is 5.36. The van der Waals surface area contributed by atoms with E-state index in [0.29, 0.717) is 18.9 Å². The van der Waals surface area contributed by atoms with Gasteiger partial charge in [0.15, 0.2) is 19.7 Å². The van der Waals surface area contributed by atoms with Gasteiger partial charge in [0.2, 0.25) is 0 Å². The number of hydrogen-bond acceptors (Lipinski definition) is 5. The fourth-order valence-corrected chi connectivity index (χ4v) is 6.42. The Morgan fingerprint density at radius 3 is 2.29 bits per heavy atom. The Kier molecular flexibility index (Phi) is 6.36. The molecule has 1 heterocycles. The van der Waals surface area contributed by atoms with Crippen molar-refractivity contribution in [1.82, 2.24) is 0 Å². The molecule has 178 valence electrons. The molecule has 0 radical (unpaired) electrons. The second kappa shape index (κ2) is 7.82. The summed E-state index contributed by atoms with van der Waals surface area (Å²) in [4.78, 5) is 0. The highest BCUT2D eigenvalue weighted by Gasteiger charge is 2.63. The van der Waals surface area contributed by atoms with E-state index in [4.69, 9.17) is 13.9 Å². The van der Waals surface area contributed by atoms with Crippen molar-refractivity contribution < 1.29 is 24.1 Å². The van der Waals surface area contributed by atoms with Crippen molar-refractivity contribution in [3.63, 3.8) is 0 Å². The molecule has 0 unspecified atom stereocenters. The van der Waals surface area contributed by atoms with E-state index >= 15 is 0 Å². The third kappa shape index (κ3) is 4.39. The van der Waals surface area contributed by atoms with Gasteiger partial charge in [0, 0.05) is 6.61 Å². The second-order valence-electron chi connectivity index (χ2n) is 12.5. The molecule has 5 atom stereocenters. The molecule has 0 amide bonds. The van der Waals surface area contributed by atoms with Crippen LogP contribution in [0.4, 0.5) is 0 Å². The van der Waals surface area contributed by atoms with Crippen LogP contribution in [0.2, 0.25) is 18.1 Å². The summed E-state index contributed by atoms with van der Waals surface area (Å²) >= 11 is 0. The largest absolute Gasteiger partial charge is 0.417 e. The van der Waals surface area contributed by atoms with Gasteiger partial charge in [0.1, 0.15) is 6.10 Å². The van der Waals surface area contributed by atoms with E-state index in [1.807, 2.05) is 13.8 Å². The highest BCUT2D eigenvalue weighted by molar-refractivity contribution is 6.74. The normalized spacial score (nSPS) is 39.3. The maximum absolute atomic E-state index is 11.5. The molecule has 5 nitrogen and oxygen atoms in total. The van der Waals surface area contributed by atoms with Gasteiger partial charge in [-0.1, -0.05) is 46.5 Å². The predicted molar refractivity (Wildman–Crippen MR) is 125 cm³/mol. The van der Waals surface area contributed by atoms with Gasteiger partial charge in [-0.3, -0.25) is 0 Å². The van der Waals surface area contributed by atoms with Crippen LogP contribution in [0, 0.1) is 28.6 Å². The number of fused-ring (bicyclic) bond motifs is 2. The lowest BCUT2D eigenvalue weighted by Crippen LogP contribution is -2.57. The number of rotatable bonds is 4. The minimum atomic E-state index is -1.89. The molecular weight excluding hydrogens is 408 g/mol. The summed E-state index contributed by atoms with van der Waals surface area (Å²) in [6.07, 6.45) is 2.35. The van der Waals surface area contributed by atoms with Crippen molar-refractivity contribution in [3.8, 4) is 11.8 Å². The van der Waals surface area contributed by atoms with E-state index in [1.165, 1.54) is 0 Å². The summed E-state index contributed by atoms with van der Waals surface area (Å²) in [5.74, 6) is 6.25. The molecule has 2 bridgehead atoms. The average Bonchev–Trinajstić information content (AvgIpc) is 2.97. The summed E-state index contributed by atoms with van der Waals surface area (Å²) in [5, 5.41) is 22.5. The van der Waals surface area contributed by atoms with Crippen molar-refractivity contribution in [2.75, 3.05) is 13.2 Å². The fraction of sp³-hybridized carbons (Fsp3) is 0.920. The summed E-state index contributed by atoms with van der Waals surface area (Å²) in [6.45, 7) is 19.9. The first-order valence-electron chi connectivity index (χ1n) is 11.9.